The molecule has 3 aromatic rings. The minimum absolute atomic E-state index is 0.183. The summed E-state index contributed by atoms with van der Waals surface area (Å²) in [5.74, 6) is 2.09. The molecule has 0 spiro atoms. The highest BCUT2D eigenvalue weighted by molar-refractivity contribution is 5.57. The van der Waals surface area contributed by atoms with Crippen LogP contribution in [0.15, 0.2) is 40.9 Å². The Morgan fingerprint density at radius 3 is 2.74 bits per heavy atom. The largest absolute Gasteiger partial charge is 0.508 e. The number of phenolic OH excluding ortho intramolecular Hbond substituents is 1. The standard InChI is InChI=1S/C16H17N5O2/c1-10-6-15(17-9-13-7-11(2)23-21-13)20-16(18-10)19-12-4-3-5-14(22)8-12/h3-8,22H,9H2,1-2H3,(H2,17,18,19,20). The zero-order valence-corrected chi connectivity index (χ0v) is 12.9. The van der Waals surface area contributed by atoms with E-state index in [4.69, 9.17) is 4.52 Å². The maximum Gasteiger partial charge on any atom is 0.229 e. The second-order valence-corrected chi connectivity index (χ2v) is 5.18. The average molecular weight is 311 g/mol. The molecule has 3 N–H and O–H groups in total. The molecule has 0 unspecified atom stereocenters. The van der Waals surface area contributed by atoms with Gasteiger partial charge in [-0.25, -0.2) is 4.98 Å². The lowest BCUT2D eigenvalue weighted by molar-refractivity contribution is 0.391. The van der Waals surface area contributed by atoms with Gasteiger partial charge in [-0.2, -0.15) is 4.98 Å². The number of aromatic hydroxyl groups is 1. The van der Waals surface area contributed by atoms with E-state index in [2.05, 4.69) is 25.8 Å². The second kappa shape index (κ2) is 6.35. The molecule has 0 amide bonds. The van der Waals surface area contributed by atoms with Crippen molar-refractivity contribution in [1.29, 1.82) is 0 Å². The molecular formula is C16H17N5O2. The number of nitrogens with one attached hydrogen (secondary N) is 2. The van der Waals surface area contributed by atoms with Crippen LogP contribution in [0.25, 0.3) is 0 Å². The number of aryl methyl sites for hydroxylation is 2. The van der Waals surface area contributed by atoms with Crippen molar-refractivity contribution in [3.8, 4) is 5.75 Å². The van der Waals surface area contributed by atoms with E-state index in [0.29, 0.717) is 24.0 Å². The highest BCUT2D eigenvalue weighted by Gasteiger charge is 2.05. The maximum atomic E-state index is 9.50. The van der Waals surface area contributed by atoms with Gasteiger partial charge in [0.2, 0.25) is 5.95 Å². The summed E-state index contributed by atoms with van der Waals surface area (Å²) in [5, 5.41) is 19.7. The van der Waals surface area contributed by atoms with Crippen LogP contribution in [0.1, 0.15) is 17.1 Å². The third kappa shape index (κ3) is 3.97. The summed E-state index contributed by atoms with van der Waals surface area (Å²) < 4.78 is 5.03. The van der Waals surface area contributed by atoms with E-state index in [1.807, 2.05) is 32.0 Å². The molecule has 0 aliphatic rings. The van der Waals surface area contributed by atoms with Crippen LogP contribution in [0.4, 0.5) is 17.5 Å². The number of benzene rings is 1. The molecule has 118 valence electrons. The monoisotopic (exact) mass is 311 g/mol. The van der Waals surface area contributed by atoms with Crippen molar-refractivity contribution >= 4 is 17.5 Å². The van der Waals surface area contributed by atoms with E-state index < -0.39 is 0 Å². The maximum absolute atomic E-state index is 9.50. The first-order valence-corrected chi connectivity index (χ1v) is 7.16. The first-order chi connectivity index (χ1) is 11.1. The van der Waals surface area contributed by atoms with Crippen molar-refractivity contribution in [1.82, 2.24) is 15.1 Å². The van der Waals surface area contributed by atoms with Crippen molar-refractivity contribution in [3.05, 3.63) is 53.5 Å². The first kappa shape index (κ1) is 14.8. The summed E-state index contributed by atoms with van der Waals surface area (Å²) in [6.07, 6.45) is 0. The van der Waals surface area contributed by atoms with Gasteiger partial charge in [-0.1, -0.05) is 11.2 Å². The molecule has 0 saturated heterocycles. The lowest BCUT2D eigenvalue weighted by Crippen LogP contribution is -2.05. The summed E-state index contributed by atoms with van der Waals surface area (Å²) in [6.45, 7) is 4.25. The van der Waals surface area contributed by atoms with E-state index in [9.17, 15) is 5.11 Å². The SMILES string of the molecule is Cc1cc(NCc2cc(C)on2)nc(Nc2cccc(O)c2)n1. The molecule has 0 aliphatic heterocycles. The fraction of sp³-hybridized carbons (Fsp3) is 0.188. The van der Waals surface area contributed by atoms with Gasteiger partial charge in [0.05, 0.1) is 6.54 Å². The summed E-state index contributed by atoms with van der Waals surface area (Å²) in [6, 6.07) is 10.5. The zero-order chi connectivity index (χ0) is 16.2. The Balaban J connectivity index is 1.73. The Hall–Kier alpha value is -3.09. The van der Waals surface area contributed by atoms with Crippen LogP contribution in [0, 0.1) is 13.8 Å². The van der Waals surface area contributed by atoms with Gasteiger partial charge in [0.15, 0.2) is 0 Å². The molecule has 0 fully saturated rings. The Labute approximate surface area is 133 Å². The van der Waals surface area contributed by atoms with Crippen molar-refractivity contribution in [2.24, 2.45) is 0 Å². The molecule has 0 atom stereocenters. The molecule has 7 nitrogen and oxygen atoms in total. The molecule has 0 aliphatic carbocycles. The highest BCUT2D eigenvalue weighted by Crippen LogP contribution is 2.20. The molecule has 1 aromatic carbocycles. The van der Waals surface area contributed by atoms with Crippen molar-refractivity contribution in [2.45, 2.75) is 20.4 Å². The first-order valence-electron chi connectivity index (χ1n) is 7.16. The van der Waals surface area contributed by atoms with E-state index >= 15 is 0 Å². The fourth-order valence-electron chi connectivity index (χ4n) is 2.11. The molecule has 0 radical (unpaired) electrons. The Kier molecular flexibility index (Phi) is 4.09. The van der Waals surface area contributed by atoms with Crippen LogP contribution in [-0.4, -0.2) is 20.2 Å². The number of aromatic nitrogens is 3. The topological polar surface area (TPSA) is 96.1 Å². The third-order valence-electron chi connectivity index (χ3n) is 3.08. The van der Waals surface area contributed by atoms with Crippen LogP contribution in [0.2, 0.25) is 0 Å². The third-order valence-corrected chi connectivity index (χ3v) is 3.08. The summed E-state index contributed by atoms with van der Waals surface area (Å²) in [7, 11) is 0. The lowest BCUT2D eigenvalue weighted by atomic mass is 10.3. The van der Waals surface area contributed by atoms with Gasteiger partial charge >= 0.3 is 0 Å². The number of hydrogen-bond donors (Lipinski definition) is 3. The summed E-state index contributed by atoms with van der Waals surface area (Å²) >= 11 is 0. The Bertz CT molecular complexity index is 816. The van der Waals surface area contributed by atoms with Crippen molar-refractivity contribution in [3.63, 3.8) is 0 Å². The Morgan fingerprint density at radius 1 is 1.13 bits per heavy atom. The van der Waals surface area contributed by atoms with Crippen LogP contribution in [-0.2, 0) is 6.54 Å². The molecule has 0 bridgehead atoms. The number of hydrogen-bond acceptors (Lipinski definition) is 7. The molecule has 2 aromatic heterocycles. The fourth-order valence-corrected chi connectivity index (χ4v) is 2.11. The van der Waals surface area contributed by atoms with Gasteiger partial charge in [0.25, 0.3) is 0 Å². The lowest BCUT2D eigenvalue weighted by Gasteiger charge is -2.09. The number of rotatable bonds is 5. The van der Waals surface area contributed by atoms with Gasteiger partial charge in [0, 0.05) is 29.6 Å². The van der Waals surface area contributed by atoms with Crippen molar-refractivity contribution < 1.29 is 9.63 Å². The Morgan fingerprint density at radius 2 is 2.00 bits per heavy atom. The van der Waals surface area contributed by atoms with E-state index in [1.165, 1.54) is 0 Å². The van der Waals surface area contributed by atoms with Crippen LogP contribution >= 0.6 is 0 Å². The van der Waals surface area contributed by atoms with Crippen LogP contribution in [0.5, 0.6) is 5.75 Å². The zero-order valence-electron chi connectivity index (χ0n) is 12.9. The second-order valence-electron chi connectivity index (χ2n) is 5.18. The normalized spacial score (nSPS) is 10.5. The molecule has 7 heteroatoms. The smallest absolute Gasteiger partial charge is 0.229 e. The molecule has 2 heterocycles. The van der Waals surface area contributed by atoms with E-state index in [1.54, 1.807) is 18.2 Å². The van der Waals surface area contributed by atoms with Gasteiger partial charge < -0.3 is 20.3 Å². The predicted molar refractivity (Wildman–Crippen MR) is 86.7 cm³/mol. The minimum Gasteiger partial charge on any atom is -0.508 e. The van der Waals surface area contributed by atoms with E-state index in [-0.39, 0.29) is 5.75 Å². The predicted octanol–water partition coefficient (Wildman–Crippen LogP) is 3.14. The van der Waals surface area contributed by atoms with Gasteiger partial charge in [0.1, 0.15) is 23.0 Å². The van der Waals surface area contributed by atoms with Crippen molar-refractivity contribution in [2.75, 3.05) is 10.6 Å². The quantitative estimate of drug-likeness (QED) is 0.666. The molecular weight excluding hydrogens is 294 g/mol. The van der Waals surface area contributed by atoms with E-state index in [0.717, 1.165) is 17.1 Å². The number of phenols is 1. The summed E-state index contributed by atoms with van der Waals surface area (Å²) in [4.78, 5) is 8.75. The molecule has 0 saturated carbocycles. The summed E-state index contributed by atoms with van der Waals surface area (Å²) in [5.41, 5.74) is 2.34. The minimum atomic E-state index is 0.183. The molecule has 3 rings (SSSR count). The van der Waals surface area contributed by atoms with Crippen LogP contribution in [0.3, 0.4) is 0 Å². The van der Waals surface area contributed by atoms with Gasteiger partial charge in [-0.3, -0.25) is 0 Å². The average Bonchev–Trinajstić information content (AvgIpc) is 2.90. The number of anilines is 3. The number of nitrogens with zero attached hydrogens (tertiary/aromatic N) is 3. The van der Waals surface area contributed by atoms with Gasteiger partial charge in [-0.05, 0) is 26.0 Å². The molecule has 23 heavy (non-hydrogen) atoms. The van der Waals surface area contributed by atoms with Crippen LogP contribution < -0.4 is 10.6 Å². The van der Waals surface area contributed by atoms with Gasteiger partial charge in [-0.15, -0.1) is 0 Å². The highest BCUT2D eigenvalue weighted by atomic mass is 16.5.